The number of halogens is 1. The normalized spacial score (nSPS) is 26.5. The molecule has 2 rings (SSSR count). The van der Waals surface area contributed by atoms with Crippen molar-refractivity contribution in [2.24, 2.45) is 11.7 Å². The number of nitrogens with two attached hydrogens (primary N) is 1. The first kappa shape index (κ1) is 11.1. The van der Waals surface area contributed by atoms with Crippen molar-refractivity contribution in [1.82, 2.24) is 0 Å². The number of rotatable bonds is 2. The van der Waals surface area contributed by atoms with Crippen molar-refractivity contribution in [3.05, 3.63) is 21.3 Å². The van der Waals surface area contributed by atoms with Gasteiger partial charge in [0, 0.05) is 12.0 Å². The molecule has 1 aliphatic carbocycles. The average molecular weight is 244 g/mol. The van der Waals surface area contributed by atoms with E-state index >= 15 is 0 Å². The summed E-state index contributed by atoms with van der Waals surface area (Å²) in [6.45, 7) is 0. The Hall–Kier alpha value is -0.380. The van der Waals surface area contributed by atoms with E-state index in [4.69, 9.17) is 17.3 Å². The van der Waals surface area contributed by atoms with Crippen LogP contribution in [0.25, 0.3) is 0 Å². The highest BCUT2D eigenvalue weighted by molar-refractivity contribution is 7.12. The Morgan fingerprint density at radius 1 is 1.53 bits per heavy atom. The molecule has 1 fully saturated rings. The second-order valence-corrected chi connectivity index (χ2v) is 5.41. The number of carbonyl (C=O) groups excluding carboxylic acids is 1. The Balaban J connectivity index is 2.11. The summed E-state index contributed by atoms with van der Waals surface area (Å²) in [5.74, 6) is 0.273. The fourth-order valence-corrected chi connectivity index (χ4v) is 3.29. The molecular formula is C11H14ClNOS. The SMILES string of the molecule is NC1CCCC(C(=O)c2sccc2Cl)C1. The van der Waals surface area contributed by atoms with Crippen LogP contribution in [0.3, 0.4) is 0 Å². The van der Waals surface area contributed by atoms with E-state index in [1.807, 2.05) is 5.38 Å². The number of ketones is 1. The molecule has 0 amide bonds. The van der Waals surface area contributed by atoms with E-state index in [0.717, 1.165) is 25.7 Å². The molecule has 1 heterocycles. The van der Waals surface area contributed by atoms with Gasteiger partial charge >= 0.3 is 0 Å². The van der Waals surface area contributed by atoms with E-state index in [1.165, 1.54) is 11.3 Å². The first-order chi connectivity index (χ1) is 7.18. The molecule has 0 saturated heterocycles. The van der Waals surface area contributed by atoms with Crippen LogP contribution < -0.4 is 5.73 Å². The van der Waals surface area contributed by atoms with Crippen molar-refractivity contribution in [2.75, 3.05) is 0 Å². The van der Waals surface area contributed by atoms with Crippen LogP contribution in [-0.2, 0) is 0 Å². The molecule has 1 saturated carbocycles. The molecule has 2 atom stereocenters. The standard InChI is InChI=1S/C11H14ClNOS/c12-9-4-5-15-11(9)10(14)7-2-1-3-8(13)6-7/h4-5,7-8H,1-3,6,13H2. The van der Waals surface area contributed by atoms with E-state index in [-0.39, 0.29) is 17.7 Å². The van der Waals surface area contributed by atoms with E-state index in [1.54, 1.807) is 6.07 Å². The molecule has 1 aromatic heterocycles. The maximum Gasteiger partial charge on any atom is 0.177 e. The van der Waals surface area contributed by atoms with Gasteiger partial charge in [0.05, 0.1) is 9.90 Å². The summed E-state index contributed by atoms with van der Waals surface area (Å²) in [7, 11) is 0. The highest BCUT2D eigenvalue weighted by atomic mass is 35.5. The van der Waals surface area contributed by atoms with Crippen molar-refractivity contribution in [1.29, 1.82) is 0 Å². The molecule has 2 N–H and O–H groups in total. The summed E-state index contributed by atoms with van der Waals surface area (Å²) in [6, 6.07) is 1.97. The molecule has 2 unspecified atom stereocenters. The minimum absolute atomic E-state index is 0.0879. The first-order valence-corrected chi connectivity index (χ1v) is 6.47. The lowest BCUT2D eigenvalue weighted by Gasteiger charge is -2.25. The summed E-state index contributed by atoms with van der Waals surface area (Å²) >= 11 is 7.38. The molecule has 0 spiro atoms. The molecule has 0 bridgehead atoms. The quantitative estimate of drug-likeness (QED) is 0.812. The van der Waals surface area contributed by atoms with E-state index in [9.17, 15) is 4.79 Å². The van der Waals surface area contributed by atoms with Crippen molar-refractivity contribution in [3.63, 3.8) is 0 Å². The van der Waals surface area contributed by atoms with E-state index in [2.05, 4.69) is 0 Å². The Morgan fingerprint density at radius 3 is 2.93 bits per heavy atom. The third-order valence-corrected chi connectivity index (χ3v) is 4.28. The zero-order valence-corrected chi connectivity index (χ0v) is 9.98. The number of hydrogen-bond acceptors (Lipinski definition) is 3. The molecule has 4 heteroatoms. The van der Waals surface area contributed by atoms with Crippen LogP contribution >= 0.6 is 22.9 Å². The van der Waals surface area contributed by atoms with Crippen LogP contribution in [0.2, 0.25) is 5.02 Å². The van der Waals surface area contributed by atoms with Crippen LogP contribution in [0, 0.1) is 5.92 Å². The third kappa shape index (κ3) is 2.41. The minimum Gasteiger partial charge on any atom is -0.328 e. The van der Waals surface area contributed by atoms with Crippen molar-refractivity contribution in [3.8, 4) is 0 Å². The summed E-state index contributed by atoms with van der Waals surface area (Å²) < 4.78 is 0. The number of Topliss-reactive ketones (excluding diaryl/α,β-unsaturated/α-hetero) is 1. The van der Waals surface area contributed by atoms with Crippen LogP contribution in [0.5, 0.6) is 0 Å². The third-order valence-electron chi connectivity index (χ3n) is 2.93. The van der Waals surface area contributed by atoms with Gasteiger partial charge in [-0.25, -0.2) is 0 Å². The largest absolute Gasteiger partial charge is 0.328 e. The Labute approximate surface area is 98.4 Å². The zero-order chi connectivity index (χ0) is 10.8. The molecule has 2 nitrogen and oxygen atoms in total. The maximum absolute atomic E-state index is 12.1. The molecule has 1 aromatic rings. The topological polar surface area (TPSA) is 43.1 Å². The smallest absolute Gasteiger partial charge is 0.177 e. The number of thiophene rings is 1. The van der Waals surface area contributed by atoms with Gasteiger partial charge in [-0.15, -0.1) is 11.3 Å². The summed E-state index contributed by atoms with van der Waals surface area (Å²) in [5, 5.41) is 2.45. The van der Waals surface area contributed by atoms with Crippen molar-refractivity contribution >= 4 is 28.7 Å². The molecule has 1 aliphatic rings. The van der Waals surface area contributed by atoms with Crippen LogP contribution in [0.1, 0.15) is 35.4 Å². The lowest BCUT2D eigenvalue weighted by Crippen LogP contribution is -2.31. The van der Waals surface area contributed by atoms with Crippen LogP contribution in [0.4, 0.5) is 0 Å². The van der Waals surface area contributed by atoms with Gasteiger partial charge in [-0.05, 0) is 30.7 Å². The van der Waals surface area contributed by atoms with E-state index < -0.39 is 0 Å². The second kappa shape index (κ2) is 4.64. The Kier molecular flexibility index (Phi) is 3.44. The predicted octanol–water partition coefficient (Wildman–Crippen LogP) is 3.10. The molecule has 82 valence electrons. The van der Waals surface area contributed by atoms with Gasteiger partial charge in [-0.1, -0.05) is 18.0 Å². The molecule has 0 aliphatic heterocycles. The van der Waals surface area contributed by atoms with Gasteiger partial charge in [0.15, 0.2) is 5.78 Å². The van der Waals surface area contributed by atoms with Gasteiger partial charge in [-0.3, -0.25) is 4.79 Å². The highest BCUT2D eigenvalue weighted by Gasteiger charge is 2.27. The summed E-state index contributed by atoms with van der Waals surface area (Å²) in [4.78, 5) is 12.8. The molecule has 0 radical (unpaired) electrons. The van der Waals surface area contributed by atoms with Gasteiger partial charge in [0.2, 0.25) is 0 Å². The molecular weight excluding hydrogens is 230 g/mol. The van der Waals surface area contributed by atoms with Crippen molar-refractivity contribution < 1.29 is 4.79 Å². The molecule has 15 heavy (non-hydrogen) atoms. The number of carbonyl (C=O) groups is 1. The number of hydrogen-bond donors (Lipinski definition) is 1. The van der Waals surface area contributed by atoms with Crippen molar-refractivity contribution in [2.45, 2.75) is 31.7 Å². The predicted molar refractivity (Wildman–Crippen MR) is 63.6 cm³/mol. The van der Waals surface area contributed by atoms with Gasteiger partial charge in [0.25, 0.3) is 0 Å². The lowest BCUT2D eigenvalue weighted by atomic mass is 9.83. The van der Waals surface area contributed by atoms with Crippen LogP contribution in [-0.4, -0.2) is 11.8 Å². The maximum atomic E-state index is 12.1. The highest BCUT2D eigenvalue weighted by Crippen LogP contribution is 2.31. The Bertz CT molecular complexity index is 363. The average Bonchev–Trinajstić information content (AvgIpc) is 2.63. The summed E-state index contributed by atoms with van der Waals surface area (Å²) in [5.41, 5.74) is 5.87. The van der Waals surface area contributed by atoms with Gasteiger partial charge in [-0.2, -0.15) is 0 Å². The zero-order valence-electron chi connectivity index (χ0n) is 8.41. The van der Waals surface area contributed by atoms with Gasteiger partial charge < -0.3 is 5.73 Å². The summed E-state index contributed by atoms with van der Waals surface area (Å²) in [6.07, 6.45) is 3.87. The van der Waals surface area contributed by atoms with Gasteiger partial charge in [0.1, 0.15) is 0 Å². The molecule has 0 aromatic carbocycles. The lowest BCUT2D eigenvalue weighted by molar-refractivity contribution is 0.0886. The van der Waals surface area contributed by atoms with Crippen LogP contribution in [0.15, 0.2) is 11.4 Å². The fraction of sp³-hybridized carbons (Fsp3) is 0.545. The fourth-order valence-electron chi connectivity index (χ4n) is 2.12. The van der Waals surface area contributed by atoms with E-state index in [0.29, 0.717) is 9.90 Å². The first-order valence-electron chi connectivity index (χ1n) is 5.21. The monoisotopic (exact) mass is 243 g/mol. The Morgan fingerprint density at radius 2 is 2.33 bits per heavy atom. The minimum atomic E-state index is 0.0879. The second-order valence-electron chi connectivity index (χ2n) is 4.09.